The van der Waals surface area contributed by atoms with E-state index in [1.165, 1.54) is 85.5 Å². The Hall–Kier alpha value is -4.72. The minimum atomic E-state index is 1.24. The molecular formula is C38H22S. The number of hydrogen-bond acceptors (Lipinski definition) is 1. The Morgan fingerprint density at radius 3 is 1.95 bits per heavy atom. The SMILES string of the molecule is c1ccc2cc(-c3ccc(-c4cc5cccc6c7c8ccccc8sc7c7cccc4c7c56)cc3)ccc2c1. The van der Waals surface area contributed by atoms with Crippen molar-refractivity contribution in [3.8, 4) is 22.3 Å². The summed E-state index contributed by atoms with van der Waals surface area (Å²) in [5.41, 5.74) is 5.05. The van der Waals surface area contributed by atoms with Crippen LogP contribution in [0.1, 0.15) is 0 Å². The molecule has 0 saturated carbocycles. The molecule has 1 heteroatoms. The third kappa shape index (κ3) is 2.99. The summed E-state index contributed by atoms with van der Waals surface area (Å²) in [7, 11) is 0. The Kier molecular flexibility index (Phi) is 4.30. The molecule has 1 heterocycles. The first-order valence-corrected chi connectivity index (χ1v) is 14.3. The highest BCUT2D eigenvalue weighted by molar-refractivity contribution is 7.27. The smallest absolute Gasteiger partial charge is 0.0440 e. The highest BCUT2D eigenvalue weighted by Crippen LogP contribution is 2.48. The van der Waals surface area contributed by atoms with E-state index in [9.17, 15) is 0 Å². The molecule has 0 spiro atoms. The lowest BCUT2D eigenvalue weighted by Crippen LogP contribution is -1.89. The van der Waals surface area contributed by atoms with E-state index in [0.717, 1.165) is 0 Å². The van der Waals surface area contributed by atoms with E-state index < -0.39 is 0 Å². The molecule has 9 rings (SSSR count). The van der Waals surface area contributed by atoms with Crippen molar-refractivity contribution in [3.63, 3.8) is 0 Å². The van der Waals surface area contributed by atoms with E-state index in [1.807, 2.05) is 11.3 Å². The summed E-state index contributed by atoms with van der Waals surface area (Å²) >= 11 is 1.92. The van der Waals surface area contributed by atoms with E-state index in [0.29, 0.717) is 0 Å². The van der Waals surface area contributed by atoms with Crippen LogP contribution >= 0.6 is 11.3 Å². The molecule has 8 aromatic carbocycles. The van der Waals surface area contributed by atoms with E-state index in [2.05, 4.69) is 133 Å². The Balaban J connectivity index is 1.30. The normalized spacial score (nSPS) is 12.1. The van der Waals surface area contributed by atoms with Crippen LogP contribution in [0.3, 0.4) is 0 Å². The van der Waals surface area contributed by atoms with Crippen molar-refractivity contribution in [3.05, 3.63) is 133 Å². The van der Waals surface area contributed by atoms with Crippen LogP contribution in [-0.2, 0) is 0 Å². The van der Waals surface area contributed by atoms with Crippen LogP contribution < -0.4 is 0 Å². The van der Waals surface area contributed by atoms with Crippen LogP contribution in [0.5, 0.6) is 0 Å². The van der Waals surface area contributed by atoms with Crippen LogP contribution in [0.4, 0.5) is 0 Å². The zero-order chi connectivity index (χ0) is 25.5. The predicted octanol–water partition coefficient (Wildman–Crippen LogP) is 11.4. The Morgan fingerprint density at radius 1 is 0.359 bits per heavy atom. The van der Waals surface area contributed by atoms with Gasteiger partial charge in [0.1, 0.15) is 0 Å². The number of rotatable bonds is 2. The molecule has 1 aromatic heterocycles. The number of hydrogen-bond donors (Lipinski definition) is 0. The Morgan fingerprint density at radius 2 is 1.03 bits per heavy atom. The first-order valence-electron chi connectivity index (χ1n) is 13.4. The predicted molar refractivity (Wildman–Crippen MR) is 171 cm³/mol. The Bertz CT molecular complexity index is 2370. The third-order valence-corrected chi connectivity index (χ3v) is 9.59. The average Bonchev–Trinajstić information content (AvgIpc) is 3.40. The number of thiophene rings is 1. The van der Waals surface area contributed by atoms with E-state index in [1.54, 1.807) is 0 Å². The number of benzene rings is 8. The molecule has 9 aromatic rings. The zero-order valence-corrected chi connectivity index (χ0v) is 21.9. The third-order valence-electron chi connectivity index (χ3n) is 8.39. The first kappa shape index (κ1) is 21.2. The van der Waals surface area contributed by atoms with Crippen molar-refractivity contribution in [2.24, 2.45) is 0 Å². The molecule has 0 N–H and O–H groups in total. The van der Waals surface area contributed by atoms with Crippen LogP contribution in [0.15, 0.2) is 133 Å². The maximum absolute atomic E-state index is 2.40. The van der Waals surface area contributed by atoms with E-state index >= 15 is 0 Å². The average molecular weight is 511 g/mol. The van der Waals surface area contributed by atoms with Gasteiger partial charge in [0.15, 0.2) is 0 Å². The second-order valence-electron chi connectivity index (χ2n) is 10.5. The highest BCUT2D eigenvalue weighted by Gasteiger charge is 2.19. The summed E-state index contributed by atoms with van der Waals surface area (Å²) in [5, 5.41) is 13.4. The molecule has 0 unspecified atom stereocenters. The largest absolute Gasteiger partial charge is 0.135 e. The topological polar surface area (TPSA) is 0 Å². The monoisotopic (exact) mass is 510 g/mol. The second-order valence-corrected chi connectivity index (χ2v) is 11.5. The molecule has 0 aliphatic heterocycles. The van der Waals surface area contributed by atoms with Gasteiger partial charge in [0.25, 0.3) is 0 Å². The van der Waals surface area contributed by atoms with Crippen LogP contribution in [-0.4, -0.2) is 0 Å². The van der Waals surface area contributed by atoms with Gasteiger partial charge in [-0.25, -0.2) is 0 Å². The van der Waals surface area contributed by atoms with Crippen molar-refractivity contribution in [1.82, 2.24) is 0 Å². The summed E-state index contributed by atoms with van der Waals surface area (Å²) < 4.78 is 2.75. The first-order chi connectivity index (χ1) is 19.3. The fourth-order valence-electron chi connectivity index (χ4n) is 6.60. The maximum atomic E-state index is 2.40. The van der Waals surface area contributed by atoms with Crippen molar-refractivity contribution in [2.45, 2.75) is 0 Å². The fourth-order valence-corrected chi connectivity index (χ4v) is 7.85. The Labute approximate surface area is 229 Å². The molecule has 39 heavy (non-hydrogen) atoms. The maximum Gasteiger partial charge on any atom is 0.0440 e. The highest BCUT2D eigenvalue weighted by atomic mass is 32.1. The van der Waals surface area contributed by atoms with E-state index in [4.69, 9.17) is 0 Å². The van der Waals surface area contributed by atoms with Crippen molar-refractivity contribution in [1.29, 1.82) is 0 Å². The molecule has 0 bridgehead atoms. The zero-order valence-electron chi connectivity index (χ0n) is 21.1. The minimum Gasteiger partial charge on any atom is -0.135 e. The van der Waals surface area contributed by atoms with Gasteiger partial charge in [-0.2, -0.15) is 0 Å². The molecule has 0 nitrogen and oxygen atoms in total. The van der Waals surface area contributed by atoms with Crippen molar-refractivity contribution < 1.29 is 0 Å². The van der Waals surface area contributed by atoms with Crippen LogP contribution in [0.25, 0.3) is 85.5 Å². The molecule has 0 atom stereocenters. The van der Waals surface area contributed by atoms with Crippen LogP contribution in [0.2, 0.25) is 0 Å². The summed E-state index contributed by atoms with van der Waals surface area (Å²) in [4.78, 5) is 0. The van der Waals surface area contributed by atoms with Crippen molar-refractivity contribution >= 4 is 74.6 Å². The lowest BCUT2D eigenvalue weighted by molar-refractivity contribution is 1.63. The van der Waals surface area contributed by atoms with Gasteiger partial charge in [0.05, 0.1) is 0 Å². The number of fused-ring (bicyclic) bond motifs is 6. The van der Waals surface area contributed by atoms with Gasteiger partial charge in [0, 0.05) is 25.6 Å². The molecule has 0 radical (unpaired) electrons. The quantitative estimate of drug-likeness (QED) is 0.203. The molecule has 180 valence electrons. The second kappa shape index (κ2) is 7.89. The molecule has 0 fully saturated rings. The summed E-state index contributed by atoms with van der Waals surface area (Å²) in [6.07, 6.45) is 0. The fraction of sp³-hybridized carbons (Fsp3) is 0. The van der Waals surface area contributed by atoms with Gasteiger partial charge in [-0.1, -0.05) is 115 Å². The summed E-state index contributed by atoms with van der Waals surface area (Å²) in [6, 6.07) is 49.3. The van der Waals surface area contributed by atoms with Gasteiger partial charge < -0.3 is 0 Å². The lowest BCUT2D eigenvalue weighted by Gasteiger charge is -2.16. The molecule has 0 aliphatic carbocycles. The lowest BCUT2D eigenvalue weighted by atomic mass is 9.87. The molecule has 0 aliphatic rings. The van der Waals surface area contributed by atoms with E-state index in [-0.39, 0.29) is 0 Å². The molecule has 0 saturated heterocycles. The van der Waals surface area contributed by atoms with Crippen molar-refractivity contribution in [2.75, 3.05) is 0 Å². The molecular weight excluding hydrogens is 488 g/mol. The van der Waals surface area contributed by atoms with Gasteiger partial charge in [0.2, 0.25) is 0 Å². The summed E-state index contributed by atoms with van der Waals surface area (Å²) in [5.74, 6) is 0. The van der Waals surface area contributed by atoms with Gasteiger partial charge in [-0.3, -0.25) is 0 Å². The van der Waals surface area contributed by atoms with Crippen LogP contribution in [0, 0.1) is 0 Å². The summed E-state index contributed by atoms with van der Waals surface area (Å²) in [6.45, 7) is 0. The standard InChI is InChI=1S/C38H22S/c1-2-8-26-21-27(20-17-23(26)7-1)24-15-18-25(19-16-24)33-22-28-9-5-12-31-35(28)36-29(33)11-6-13-32(36)38-37(31)30-10-3-4-14-34(30)39-38/h1-22H. The molecule has 0 amide bonds. The van der Waals surface area contributed by atoms with Gasteiger partial charge in [-0.05, 0) is 78.2 Å². The minimum absolute atomic E-state index is 1.24. The van der Waals surface area contributed by atoms with Gasteiger partial charge >= 0.3 is 0 Å². The van der Waals surface area contributed by atoms with Gasteiger partial charge in [-0.15, -0.1) is 11.3 Å².